The number of fused-ring (bicyclic) bond motifs is 16. The molecular formula is C83H54N10S2. The molecule has 0 atom stereocenters. The van der Waals surface area contributed by atoms with E-state index in [1.165, 1.54) is 57.0 Å². The molecule has 0 spiro atoms. The van der Waals surface area contributed by atoms with Gasteiger partial charge in [0.05, 0.1) is 55.5 Å². The molecule has 0 radical (unpaired) electrons. The Kier molecular flexibility index (Phi) is 13.2. The summed E-state index contributed by atoms with van der Waals surface area (Å²) in [4.78, 5) is 30.8. The van der Waals surface area contributed by atoms with Gasteiger partial charge in [0.15, 0.2) is 11.6 Å². The molecule has 0 amide bonds. The first-order valence-electron chi connectivity index (χ1n) is 31.2. The van der Waals surface area contributed by atoms with E-state index in [-0.39, 0.29) is 7.43 Å². The van der Waals surface area contributed by atoms with Crippen molar-refractivity contribution in [1.82, 2.24) is 47.8 Å². The van der Waals surface area contributed by atoms with Crippen LogP contribution in [0.1, 0.15) is 7.43 Å². The monoisotopic (exact) mass is 1250 g/mol. The van der Waals surface area contributed by atoms with E-state index in [0.29, 0.717) is 11.6 Å². The molecule has 0 fully saturated rings. The summed E-state index contributed by atoms with van der Waals surface area (Å²) in [7, 11) is 0. The Morgan fingerprint density at radius 2 is 0.674 bits per heavy atom. The Labute approximate surface area is 552 Å². The smallest absolute Gasteiger partial charge is 0.221 e. The highest BCUT2D eigenvalue weighted by Gasteiger charge is 2.24. The fraction of sp³-hybridized carbons (Fsp3) is 0.0120. The average Bonchev–Trinajstić information content (AvgIpc) is 1.57. The molecule has 20 aromatic rings. The first kappa shape index (κ1) is 55.6. The largest absolute Gasteiger partial charge is 0.276 e. The van der Waals surface area contributed by atoms with Gasteiger partial charge in [0, 0.05) is 74.7 Å². The summed E-state index contributed by atoms with van der Waals surface area (Å²) in [6.07, 6.45) is 0. The van der Waals surface area contributed by atoms with Crippen molar-refractivity contribution in [1.29, 1.82) is 0 Å². The van der Waals surface area contributed by atoms with Gasteiger partial charge in [-0.25, -0.2) is 29.9 Å². The van der Waals surface area contributed by atoms with E-state index in [0.717, 1.165) is 107 Å². The van der Waals surface area contributed by atoms with Crippen molar-refractivity contribution in [2.45, 2.75) is 7.43 Å². The maximum Gasteiger partial charge on any atom is 0.221 e. The Morgan fingerprint density at radius 3 is 1.23 bits per heavy atom. The van der Waals surface area contributed by atoms with E-state index < -0.39 is 0 Å². The third kappa shape index (κ3) is 9.28. The summed E-state index contributed by atoms with van der Waals surface area (Å²) in [6.45, 7) is 0. The molecule has 10 nitrogen and oxygen atoms in total. The lowest BCUT2D eigenvalue weighted by Gasteiger charge is -2.11. The van der Waals surface area contributed by atoms with Crippen LogP contribution < -0.4 is 0 Å². The van der Waals surface area contributed by atoms with Gasteiger partial charge in [-0.1, -0.05) is 226 Å². The minimum Gasteiger partial charge on any atom is -0.276 e. The van der Waals surface area contributed by atoms with Gasteiger partial charge in [0.1, 0.15) is 11.6 Å². The van der Waals surface area contributed by atoms with E-state index in [1.54, 1.807) is 0 Å². The number of thiophene rings is 2. The summed E-state index contributed by atoms with van der Waals surface area (Å²) < 4.78 is 14.1. The first-order chi connectivity index (χ1) is 46.6. The molecule has 12 heteroatoms. The normalized spacial score (nSPS) is 11.7. The van der Waals surface area contributed by atoms with Crippen molar-refractivity contribution >= 4 is 119 Å². The van der Waals surface area contributed by atoms with Gasteiger partial charge >= 0.3 is 0 Å². The number of aromatic nitrogens is 10. The zero-order valence-electron chi connectivity index (χ0n) is 50.2. The van der Waals surface area contributed by atoms with E-state index in [2.05, 4.69) is 236 Å². The molecule has 20 rings (SSSR count). The topological polar surface area (TPSA) is 96.0 Å². The van der Waals surface area contributed by atoms with Crippen molar-refractivity contribution in [3.05, 3.63) is 303 Å². The van der Waals surface area contributed by atoms with Crippen LogP contribution in [0.15, 0.2) is 303 Å². The zero-order chi connectivity index (χ0) is 61.8. The maximum atomic E-state index is 5.19. The number of para-hydroxylation sites is 4. The maximum absolute atomic E-state index is 5.19. The summed E-state index contributed by atoms with van der Waals surface area (Å²) in [5, 5.41) is 5.19. The highest BCUT2D eigenvalue weighted by Crippen LogP contribution is 2.43. The van der Waals surface area contributed by atoms with Gasteiger partial charge < -0.3 is 0 Å². The van der Waals surface area contributed by atoms with Crippen LogP contribution in [0.3, 0.4) is 0 Å². The highest BCUT2D eigenvalue weighted by molar-refractivity contribution is 7.26. The fourth-order valence-electron chi connectivity index (χ4n) is 13.5. The second-order valence-electron chi connectivity index (χ2n) is 23.5. The lowest BCUT2D eigenvalue weighted by molar-refractivity contribution is 1.02. The minimum atomic E-state index is 0. The van der Waals surface area contributed by atoms with Crippen molar-refractivity contribution < 1.29 is 0 Å². The van der Waals surface area contributed by atoms with E-state index in [4.69, 9.17) is 29.9 Å². The lowest BCUT2D eigenvalue weighted by atomic mass is 10.0. The standard InChI is InChI=1S/2C41H25N5S.CH4/c1-3-12-26(13-4-1)33-25-38(44-40(42-33)27-14-5-2-6-15-27)46-35-23-22-28(24-36(35)45-34-20-9-8-19-32(34)43-41(45)46)29-17-11-18-31-30-16-7-10-21-37(30)47-39(29)31;1-3-11-26(12-4-1)33-25-39(44-40(42-33)27-13-5-2-6-14-27)46-35-21-19-29(24-36(35)45-34-17-9-8-16-32(34)43-41(45)46)28-20-22-38-31(23-28)30-15-7-10-18-37(30)47-38;/h2*1-25H;1H4. The van der Waals surface area contributed by atoms with Crippen LogP contribution in [-0.2, 0) is 0 Å². The Hall–Kier alpha value is -12.2. The van der Waals surface area contributed by atoms with Crippen molar-refractivity contribution in [3.8, 4) is 79.2 Å². The van der Waals surface area contributed by atoms with Crippen LogP contribution >= 0.6 is 22.7 Å². The van der Waals surface area contributed by atoms with Crippen LogP contribution in [0.25, 0.3) is 175 Å². The molecule has 0 bridgehead atoms. The minimum absolute atomic E-state index is 0. The second-order valence-corrected chi connectivity index (χ2v) is 25.6. The van der Waals surface area contributed by atoms with Gasteiger partial charge in [-0.05, 0) is 95.1 Å². The predicted molar refractivity (Wildman–Crippen MR) is 395 cm³/mol. The summed E-state index contributed by atoms with van der Waals surface area (Å²) in [6, 6.07) is 106. The fourth-order valence-corrected chi connectivity index (χ4v) is 15.8. The predicted octanol–water partition coefficient (Wildman–Crippen LogP) is 21.8. The van der Waals surface area contributed by atoms with Gasteiger partial charge in [-0.15, -0.1) is 22.7 Å². The quantitative estimate of drug-likeness (QED) is 0.150. The summed E-state index contributed by atoms with van der Waals surface area (Å²) in [5.74, 6) is 4.51. The molecule has 0 saturated heterocycles. The van der Waals surface area contributed by atoms with Gasteiger partial charge in [0.25, 0.3) is 0 Å². The molecule has 0 saturated carbocycles. The number of imidazole rings is 4. The Balaban J connectivity index is 0.000000138. The SMILES string of the molecule is C.c1ccc(-c2cc(-n3c4ccc(-c5ccc6sc7ccccc7c6c5)cc4n4c5ccccc5nc34)nc(-c3ccccc3)n2)cc1.c1ccc(-c2cc(-n3c4ccc(-c5cccc6c5sc5ccccc56)cc4n4c5ccccc5nc34)nc(-c3ccccc3)n2)cc1. The molecule has 12 aromatic carbocycles. The van der Waals surface area contributed by atoms with Crippen LogP contribution in [-0.4, -0.2) is 47.8 Å². The van der Waals surface area contributed by atoms with Crippen LogP contribution in [0.4, 0.5) is 0 Å². The second kappa shape index (κ2) is 22.6. The molecule has 0 aliphatic rings. The first-order valence-corrected chi connectivity index (χ1v) is 32.9. The van der Waals surface area contributed by atoms with E-state index >= 15 is 0 Å². The Bertz CT molecular complexity index is 6230. The lowest BCUT2D eigenvalue weighted by Crippen LogP contribution is -2.03. The Morgan fingerprint density at radius 1 is 0.253 bits per heavy atom. The molecule has 95 heavy (non-hydrogen) atoms. The van der Waals surface area contributed by atoms with Gasteiger partial charge in [-0.3, -0.25) is 17.9 Å². The van der Waals surface area contributed by atoms with Crippen molar-refractivity contribution in [2.75, 3.05) is 0 Å². The molecule has 0 aliphatic heterocycles. The number of benzene rings is 12. The van der Waals surface area contributed by atoms with Crippen LogP contribution in [0.2, 0.25) is 0 Å². The third-order valence-electron chi connectivity index (χ3n) is 17.9. The van der Waals surface area contributed by atoms with Crippen molar-refractivity contribution in [3.63, 3.8) is 0 Å². The summed E-state index contributed by atoms with van der Waals surface area (Å²) >= 11 is 3.70. The summed E-state index contributed by atoms with van der Waals surface area (Å²) in [5.41, 5.74) is 18.7. The highest BCUT2D eigenvalue weighted by atomic mass is 32.1. The van der Waals surface area contributed by atoms with Gasteiger partial charge in [0.2, 0.25) is 11.6 Å². The van der Waals surface area contributed by atoms with Crippen LogP contribution in [0.5, 0.6) is 0 Å². The molecular weight excluding hydrogens is 1200 g/mol. The molecule has 0 aliphatic carbocycles. The number of hydrogen-bond acceptors (Lipinski definition) is 8. The van der Waals surface area contributed by atoms with Crippen molar-refractivity contribution in [2.24, 2.45) is 0 Å². The number of hydrogen-bond donors (Lipinski definition) is 0. The molecule has 8 aromatic heterocycles. The van der Waals surface area contributed by atoms with Gasteiger partial charge in [-0.2, -0.15) is 0 Å². The number of nitrogens with zero attached hydrogens (tertiary/aromatic N) is 10. The molecule has 8 heterocycles. The molecule has 0 unspecified atom stereocenters. The molecule has 448 valence electrons. The molecule has 0 N–H and O–H groups in total. The van der Waals surface area contributed by atoms with E-state index in [1.807, 2.05) is 108 Å². The van der Waals surface area contributed by atoms with E-state index in [9.17, 15) is 0 Å². The third-order valence-corrected chi connectivity index (χ3v) is 20.3. The van der Waals surface area contributed by atoms with Crippen LogP contribution in [0, 0.1) is 0 Å². The zero-order valence-corrected chi connectivity index (χ0v) is 51.8. The number of rotatable bonds is 8. The average molecular weight is 1260 g/mol.